The summed E-state index contributed by atoms with van der Waals surface area (Å²) in [7, 11) is 0. The van der Waals surface area contributed by atoms with Crippen molar-refractivity contribution in [2.24, 2.45) is 0 Å². The SMILES string of the molecule is Cl.O=C(NO)c1cccc2c1CN(c1nc3ncccc3o1)C2. The summed E-state index contributed by atoms with van der Waals surface area (Å²) in [6, 6.07) is 9.50. The minimum atomic E-state index is -0.516. The van der Waals surface area contributed by atoms with Gasteiger partial charge in [-0.2, -0.15) is 4.98 Å². The van der Waals surface area contributed by atoms with Crippen LogP contribution in [0.2, 0.25) is 0 Å². The van der Waals surface area contributed by atoms with Gasteiger partial charge in [-0.25, -0.2) is 10.5 Å². The van der Waals surface area contributed by atoms with Crippen LogP contribution in [-0.2, 0) is 13.1 Å². The molecule has 7 nitrogen and oxygen atoms in total. The molecule has 0 unspecified atom stereocenters. The maximum absolute atomic E-state index is 11.7. The molecule has 2 aromatic heterocycles. The molecule has 0 atom stereocenters. The monoisotopic (exact) mass is 332 g/mol. The average molecular weight is 333 g/mol. The molecule has 118 valence electrons. The molecule has 3 heterocycles. The summed E-state index contributed by atoms with van der Waals surface area (Å²) in [5, 5.41) is 8.85. The number of fused-ring (bicyclic) bond motifs is 2. The fourth-order valence-electron chi connectivity index (χ4n) is 2.72. The molecular weight excluding hydrogens is 320 g/mol. The molecule has 1 amide bonds. The number of anilines is 1. The average Bonchev–Trinajstić information content (AvgIpc) is 3.16. The second-order valence-corrected chi connectivity index (χ2v) is 5.06. The van der Waals surface area contributed by atoms with Crippen LogP contribution >= 0.6 is 12.4 Å². The Hall–Kier alpha value is -2.64. The molecular formula is C15H13ClN4O3. The van der Waals surface area contributed by atoms with Crippen molar-refractivity contribution in [2.45, 2.75) is 13.1 Å². The lowest BCUT2D eigenvalue weighted by Crippen LogP contribution is -2.21. The van der Waals surface area contributed by atoms with E-state index in [1.54, 1.807) is 29.9 Å². The van der Waals surface area contributed by atoms with Crippen molar-refractivity contribution in [3.63, 3.8) is 0 Å². The van der Waals surface area contributed by atoms with Gasteiger partial charge in [0, 0.05) is 24.8 Å². The van der Waals surface area contributed by atoms with E-state index in [1.165, 1.54) is 0 Å². The van der Waals surface area contributed by atoms with Crippen LogP contribution in [0.15, 0.2) is 40.9 Å². The minimum Gasteiger partial charge on any atom is -0.422 e. The van der Waals surface area contributed by atoms with Crippen molar-refractivity contribution in [2.75, 3.05) is 4.90 Å². The van der Waals surface area contributed by atoms with Crippen molar-refractivity contribution in [3.05, 3.63) is 53.2 Å². The van der Waals surface area contributed by atoms with Gasteiger partial charge in [0.1, 0.15) is 0 Å². The molecule has 0 saturated heterocycles. The van der Waals surface area contributed by atoms with Gasteiger partial charge in [0.25, 0.3) is 5.91 Å². The van der Waals surface area contributed by atoms with E-state index in [4.69, 9.17) is 9.62 Å². The highest BCUT2D eigenvalue weighted by molar-refractivity contribution is 5.95. The first-order valence-electron chi connectivity index (χ1n) is 6.78. The van der Waals surface area contributed by atoms with Gasteiger partial charge in [0.2, 0.25) is 5.65 Å². The topological polar surface area (TPSA) is 91.5 Å². The third kappa shape index (κ3) is 2.49. The Labute approximate surface area is 137 Å². The highest BCUT2D eigenvalue weighted by atomic mass is 35.5. The van der Waals surface area contributed by atoms with Crippen molar-refractivity contribution in [1.29, 1.82) is 0 Å². The molecule has 4 rings (SSSR count). The number of carbonyl (C=O) groups is 1. The third-order valence-corrected chi connectivity index (χ3v) is 3.75. The number of hydroxylamine groups is 1. The molecule has 1 aromatic carbocycles. The number of rotatable bonds is 2. The van der Waals surface area contributed by atoms with E-state index in [2.05, 4.69) is 9.97 Å². The maximum atomic E-state index is 11.7. The molecule has 0 spiro atoms. The van der Waals surface area contributed by atoms with E-state index in [1.807, 2.05) is 17.0 Å². The number of amides is 1. The Kier molecular flexibility index (Phi) is 3.89. The summed E-state index contributed by atoms with van der Waals surface area (Å²) < 4.78 is 5.71. The molecule has 0 bridgehead atoms. The summed E-state index contributed by atoms with van der Waals surface area (Å²) in [6.45, 7) is 1.08. The Morgan fingerprint density at radius 3 is 2.91 bits per heavy atom. The molecule has 3 aromatic rings. The van der Waals surface area contributed by atoms with Crippen molar-refractivity contribution < 1.29 is 14.4 Å². The summed E-state index contributed by atoms with van der Waals surface area (Å²) >= 11 is 0. The molecule has 0 saturated carbocycles. The lowest BCUT2D eigenvalue weighted by Gasteiger charge is -2.11. The largest absolute Gasteiger partial charge is 0.422 e. The van der Waals surface area contributed by atoms with E-state index >= 15 is 0 Å². The Morgan fingerprint density at radius 2 is 2.13 bits per heavy atom. The van der Waals surface area contributed by atoms with Crippen molar-refractivity contribution in [3.8, 4) is 0 Å². The predicted octanol–water partition coefficient (Wildman–Crippen LogP) is 2.28. The van der Waals surface area contributed by atoms with Crippen LogP contribution in [0.4, 0.5) is 6.01 Å². The summed E-state index contributed by atoms with van der Waals surface area (Å²) in [6.07, 6.45) is 1.66. The van der Waals surface area contributed by atoms with E-state index < -0.39 is 5.91 Å². The Bertz CT molecular complexity index is 847. The number of oxazole rings is 1. The molecule has 2 N–H and O–H groups in total. The van der Waals surface area contributed by atoms with Gasteiger partial charge in [0.05, 0.1) is 0 Å². The molecule has 8 heteroatoms. The van der Waals surface area contributed by atoms with Gasteiger partial charge in [-0.15, -0.1) is 12.4 Å². The fourth-order valence-corrected chi connectivity index (χ4v) is 2.72. The number of benzene rings is 1. The quantitative estimate of drug-likeness (QED) is 0.552. The number of hydrogen-bond acceptors (Lipinski definition) is 6. The predicted molar refractivity (Wildman–Crippen MR) is 84.6 cm³/mol. The zero-order valence-electron chi connectivity index (χ0n) is 11.9. The smallest absolute Gasteiger partial charge is 0.300 e. The molecule has 0 fully saturated rings. The second-order valence-electron chi connectivity index (χ2n) is 5.06. The van der Waals surface area contributed by atoms with E-state index in [-0.39, 0.29) is 12.4 Å². The number of nitrogens with one attached hydrogen (secondary N) is 1. The lowest BCUT2D eigenvalue weighted by molar-refractivity contribution is 0.0705. The van der Waals surface area contributed by atoms with Crippen molar-refractivity contribution >= 4 is 35.6 Å². The van der Waals surface area contributed by atoms with E-state index in [0.717, 1.165) is 11.1 Å². The molecule has 23 heavy (non-hydrogen) atoms. The van der Waals surface area contributed by atoms with Crippen LogP contribution in [0, 0.1) is 0 Å². The molecule has 1 aliphatic rings. The number of pyridine rings is 1. The van der Waals surface area contributed by atoms with Gasteiger partial charge >= 0.3 is 6.01 Å². The highest BCUT2D eigenvalue weighted by Gasteiger charge is 2.27. The highest BCUT2D eigenvalue weighted by Crippen LogP contribution is 2.31. The van der Waals surface area contributed by atoms with Crippen LogP contribution in [0.3, 0.4) is 0 Å². The van der Waals surface area contributed by atoms with Crippen molar-refractivity contribution in [1.82, 2.24) is 15.4 Å². The normalized spacial score (nSPS) is 12.8. The number of hydrogen-bond donors (Lipinski definition) is 2. The number of aromatic nitrogens is 2. The van der Waals surface area contributed by atoms with Crippen LogP contribution in [-0.4, -0.2) is 21.1 Å². The molecule has 0 aliphatic carbocycles. The summed E-state index contributed by atoms with van der Waals surface area (Å²) in [5.74, 6) is -0.516. The third-order valence-electron chi connectivity index (χ3n) is 3.75. The van der Waals surface area contributed by atoms with Crippen LogP contribution in [0.5, 0.6) is 0 Å². The summed E-state index contributed by atoms with van der Waals surface area (Å²) in [4.78, 5) is 22.2. The molecule has 1 aliphatic heterocycles. The Balaban J connectivity index is 0.00000156. The minimum absolute atomic E-state index is 0. The van der Waals surface area contributed by atoms with Gasteiger partial charge in [-0.1, -0.05) is 12.1 Å². The standard InChI is InChI=1S/C15H12N4O3.ClH/c20-14(18-21)10-4-1-3-9-7-19(8-11(9)10)15-17-13-12(22-15)5-2-6-16-13;/h1-6,21H,7-8H2,(H,18,20);1H. The number of carbonyl (C=O) groups excluding carboxylic acids is 1. The van der Waals surface area contributed by atoms with Crippen LogP contribution < -0.4 is 10.4 Å². The van der Waals surface area contributed by atoms with Crippen LogP contribution in [0.25, 0.3) is 11.2 Å². The van der Waals surface area contributed by atoms with E-state index in [0.29, 0.717) is 35.9 Å². The lowest BCUT2D eigenvalue weighted by atomic mass is 10.0. The number of halogens is 1. The van der Waals surface area contributed by atoms with E-state index in [9.17, 15) is 4.79 Å². The first-order valence-corrected chi connectivity index (χ1v) is 6.78. The second kappa shape index (κ2) is 5.86. The molecule has 0 radical (unpaired) electrons. The zero-order valence-corrected chi connectivity index (χ0v) is 12.7. The van der Waals surface area contributed by atoms with Gasteiger partial charge in [-0.3, -0.25) is 10.0 Å². The Morgan fingerprint density at radius 1 is 1.26 bits per heavy atom. The van der Waals surface area contributed by atoms with Gasteiger partial charge in [0.15, 0.2) is 5.58 Å². The number of nitrogens with zero attached hydrogens (tertiary/aromatic N) is 3. The van der Waals surface area contributed by atoms with Gasteiger partial charge < -0.3 is 9.32 Å². The summed E-state index contributed by atoms with van der Waals surface area (Å²) in [5.41, 5.74) is 5.20. The maximum Gasteiger partial charge on any atom is 0.300 e. The first-order chi connectivity index (χ1) is 10.8. The first kappa shape index (κ1) is 15.3. The fraction of sp³-hybridized carbons (Fsp3) is 0.133. The van der Waals surface area contributed by atoms with Crippen LogP contribution in [0.1, 0.15) is 21.5 Å². The van der Waals surface area contributed by atoms with Gasteiger partial charge in [-0.05, 0) is 29.3 Å². The zero-order chi connectivity index (χ0) is 15.1.